The molecule has 0 fully saturated rings. The fraction of sp³-hybridized carbons (Fsp3) is 0.350. The highest BCUT2D eigenvalue weighted by molar-refractivity contribution is 7.92. The van der Waals surface area contributed by atoms with Gasteiger partial charge in [-0.2, -0.15) is 0 Å². The minimum Gasteiger partial charge on any atom is -0.492 e. The topological polar surface area (TPSA) is 84.9 Å². The first-order valence-corrected chi connectivity index (χ1v) is 11.0. The predicted octanol–water partition coefficient (Wildman–Crippen LogP) is 3.09. The molecule has 0 heterocycles. The maximum absolute atomic E-state index is 13.3. The minimum atomic E-state index is -4.03. The van der Waals surface area contributed by atoms with Gasteiger partial charge in [-0.25, -0.2) is 8.42 Å². The number of carbonyl (C=O) groups is 1. The molecular weight excluding hydrogens is 416 g/mol. The SMILES string of the molecule is CCOc1ccccc1N(CC(=O)NCCCOC)S(=O)(=O)c1ccc(Cl)cc1. The van der Waals surface area contributed by atoms with E-state index in [1.165, 1.54) is 24.3 Å². The van der Waals surface area contributed by atoms with Gasteiger partial charge >= 0.3 is 0 Å². The van der Waals surface area contributed by atoms with E-state index in [0.29, 0.717) is 37.0 Å². The number of hydrogen-bond donors (Lipinski definition) is 1. The lowest BCUT2D eigenvalue weighted by Crippen LogP contribution is -2.41. The van der Waals surface area contributed by atoms with Crippen LogP contribution in [-0.4, -0.2) is 47.7 Å². The van der Waals surface area contributed by atoms with Crippen molar-refractivity contribution in [2.24, 2.45) is 0 Å². The number of nitrogens with zero attached hydrogens (tertiary/aromatic N) is 1. The molecule has 0 aliphatic rings. The number of nitrogens with one attached hydrogen (secondary N) is 1. The van der Waals surface area contributed by atoms with Gasteiger partial charge in [-0.3, -0.25) is 9.10 Å². The van der Waals surface area contributed by atoms with Crippen molar-refractivity contribution in [1.29, 1.82) is 0 Å². The number of benzene rings is 2. The van der Waals surface area contributed by atoms with E-state index in [0.717, 1.165) is 4.31 Å². The fourth-order valence-corrected chi connectivity index (χ4v) is 4.16. The number of rotatable bonds is 11. The Bertz CT molecular complexity index is 903. The molecule has 2 aromatic carbocycles. The third kappa shape index (κ3) is 6.35. The Kier molecular flexibility index (Phi) is 8.75. The summed E-state index contributed by atoms with van der Waals surface area (Å²) in [6.45, 7) is 2.66. The number of hydrogen-bond acceptors (Lipinski definition) is 5. The lowest BCUT2D eigenvalue weighted by molar-refractivity contribution is -0.119. The third-order valence-corrected chi connectivity index (χ3v) is 6.00. The van der Waals surface area contributed by atoms with Crippen LogP contribution >= 0.6 is 11.6 Å². The zero-order chi connectivity index (χ0) is 21.3. The summed E-state index contributed by atoms with van der Waals surface area (Å²) in [5, 5.41) is 3.13. The first kappa shape index (κ1) is 23.0. The highest BCUT2D eigenvalue weighted by Crippen LogP contribution is 2.32. The number of amides is 1. The highest BCUT2D eigenvalue weighted by Gasteiger charge is 2.29. The number of carbonyl (C=O) groups excluding carboxylic acids is 1. The van der Waals surface area contributed by atoms with Crippen LogP contribution in [0.5, 0.6) is 5.75 Å². The number of ether oxygens (including phenoxy) is 2. The third-order valence-electron chi connectivity index (χ3n) is 3.97. The Morgan fingerprint density at radius 3 is 2.48 bits per heavy atom. The van der Waals surface area contributed by atoms with E-state index in [4.69, 9.17) is 21.1 Å². The van der Waals surface area contributed by atoms with Gasteiger partial charge in [0.1, 0.15) is 12.3 Å². The fourth-order valence-electron chi connectivity index (χ4n) is 2.60. The molecule has 0 unspecified atom stereocenters. The maximum atomic E-state index is 13.3. The van der Waals surface area contributed by atoms with Crippen LogP contribution in [-0.2, 0) is 19.6 Å². The molecule has 0 saturated heterocycles. The summed E-state index contributed by atoms with van der Waals surface area (Å²) < 4.78 is 38.3. The predicted molar refractivity (Wildman–Crippen MR) is 113 cm³/mol. The molecule has 0 aromatic heterocycles. The summed E-state index contributed by atoms with van der Waals surface area (Å²) in [6.07, 6.45) is 0.627. The van der Waals surface area contributed by atoms with Crippen LogP contribution < -0.4 is 14.4 Å². The molecule has 0 aliphatic carbocycles. The Hall–Kier alpha value is -2.29. The summed E-state index contributed by atoms with van der Waals surface area (Å²) in [5.74, 6) is -0.0512. The zero-order valence-electron chi connectivity index (χ0n) is 16.4. The molecule has 29 heavy (non-hydrogen) atoms. The molecule has 0 aliphatic heterocycles. The molecular formula is C20H25ClN2O5S. The number of sulfonamides is 1. The summed E-state index contributed by atoms with van der Waals surface area (Å²) in [6, 6.07) is 12.5. The van der Waals surface area contributed by atoms with Gasteiger partial charge in [0.25, 0.3) is 10.0 Å². The van der Waals surface area contributed by atoms with Gasteiger partial charge < -0.3 is 14.8 Å². The summed E-state index contributed by atoms with van der Waals surface area (Å²) in [7, 11) is -2.46. The van der Waals surface area contributed by atoms with Crippen LogP contribution in [0.4, 0.5) is 5.69 Å². The second-order valence-electron chi connectivity index (χ2n) is 6.06. The second kappa shape index (κ2) is 11.0. The van der Waals surface area contributed by atoms with E-state index in [9.17, 15) is 13.2 Å². The minimum absolute atomic E-state index is 0.0281. The molecule has 158 valence electrons. The molecule has 0 atom stereocenters. The van der Waals surface area contributed by atoms with E-state index >= 15 is 0 Å². The Balaban J connectivity index is 2.38. The average Bonchev–Trinajstić information content (AvgIpc) is 2.70. The first-order valence-electron chi connectivity index (χ1n) is 9.16. The molecule has 0 saturated carbocycles. The van der Waals surface area contributed by atoms with Crippen LogP contribution in [0.15, 0.2) is 53.4 Å². The number of halogens is 1. The molecule has 7 nitrogen and oxygen atoms in total. The maximum Gasteiger partial charge on any atom is 0.264 e. The molecule has 1 amide bonds. The van der Waals surface area contributed by atoms with Crippen molar-refractivity contribution in [3.05, 3.63) is 53.6 Å². The van der Waals surface area contributed by atoms with Crippen molar-refractivity contribution in [3.63, 3.8) is 0 Å². The van der Waals surface area contributed by atoms with Crippen molar-refractivity contribution in [1.82, 2.24) is 5.32 Å². The highest BCUT2D eigenvalue weighted by atomic mass is 35.5. The monoisotopic (exact) mass is 440 g/mol. The van der Waals surface area contributed by atoms with Crippen molar-refractivity contribution in [3.8, 4) is 5.75 Å². The van der Waals surface area contributed by atoms with E-state index in [2.05, 4.69) is 5.32 Å². The quantitative estimate of drug-likeness (QED) is 0.543. The van der Waals surface area contributed by atoms with Gasteiger partial charge in [-0.05, 0) is 49.7 Å². The van der Waals surface area contributed by atoms with Gasteiger partial charge in [0.05, 0.1) is 17.2 Å². The largest absolute Gasteiger partial charge is 0.492 e. The van der Waals surface area contributed by atoms with E-state index < -0.39 is 15.9 Å². The summed E-state index contributed by atoms with van der Waals surface area (Å²) >= 11 is 5.89. The molecule has 9 heteroatoms. The number of para-hydroxylation sites is 2. The molecule has 0 bridgehead atoms. The van der Waals surface area contributed by atoms with E-state index in [1.807, 2.05) is 0 Å². The number of anilines is 1. The Morgan fingerprint density at radius 2 is 1.83 bits per heavy atom. The van der Waals surface area contributed by atoms with Gasteiger partial charge in [-0.15, -0.1) is 0 Å². The molecule has 0 spiro atoms. The molecule has 0 radical (unpaired) electrons. The average molecular weight is 441 g/mol. The lowest BCUT2D eigenvalue weighted by Gasteiger charge is -2.26. The van der Waals surface area contributed by atoms with Crippen molar-refractivity contribution in [2.45, 2.75) is 18.2 Å². The standard InChI is InChI=1S/C20H25ClN2O5S/c1-3-28-19-8-5-4-7-18(19)23(15-20(24)22-13-6-14-27-2)29(25,26)17-11-9-16(21)10-12-17/h4-5,7-12H,3,6,13-15H2,1-2H3,(H,22,24). The molecule has 1 N–H and O–H groups in total. The summed E-state index contributed by atoms with van der Waals surface area (Å²) in [5.41, 5.74) is 0.288. The van der Waals surface area contributed by atoms with Crippen molar-refractivity contribution in [2.75, 3.05) is 37.7 Å². The second-order valence-corrected chi connectivity index (χ2v) is 8.36. The molecule has 2 aromatic rings. The number of methoxy groups -OCH3 is 1. The van der Waals surface area contributed by atoms with Gasteiger partial charge in [-0.1, -0.05) is 23.7 Å². The van der Waals surface area contributed by atoms with Crippen LogP contribution in [0, 0.1) is 0 Å². The Morgan fingerprint density at radius 1 is 1.14 bits per heavy atom. The van der Waals surface area contributed by atoms with Gasteiger partial charge in [0.15, 0.2) is 0 Å². The van der Waals surface area contributed by atoms with Gasteiger partial charge in [0.2, 0.25) is 5.91 Å². The van der Waals surface area contributed by atoms with Crippen LogP contribution in [0.3, 0.4) is 0 Å². The smallest absolute Gasteiger partial charge is 0.264 e. The molecule has 2 rings (SSSR count). The van der Waals surface area contributed by atoms with Gasteiger partial charge in [0, 0.05) is 25.3 Å². The summed E-state index contributed by atoms with van der Waals surface area (Å²) in [4.78, 5) is 12.5. The van der Waals surface area contributed by atoms with E-state index in [-0.39, 0.29) is 17.1 Å². The van der Waals surface area contributed by atoms with Crippen LogP contribution in [0.1, 0.15) is 13.3 Å². The van der Waals surface area contributed by atoms with E-state index in [1.54, 1.807) is 38.3 Å². The van der Waals surface area contributed by atoms with Crippen molar-refractivity contribution >= 4 is 33.2 Å². The Labute approximate surface area is 176 Å². The van der Waals surface area contributed by atoms with Crippen molar-refractivity contribution < 1.29 is 22.7 Å². The first-order chi connectivity index (χ1) is 13.9. The van der Waals surface area contributed by atoms with Crippen LogP contribution in [0.2, 0.25) is 5.02 Å². The normalized spacial score (nSPS) is 11.1. The zero-order valence-corrected chi connectivity index (χ0v) is 18.0. The van der Waals surface area contributed by atoms with Crippen LogP contribution in [0.25, 0.3) is 0 Å². The lowest BCUT2D eigenvalue weighted by atomic mass is 10.3.